The summed E-state index contributed by atoms with van der Waals surface area (Å²) >= 11 is 0. The molecule has 0 unspecified atom stereocenters. The van der Waals surface area contributed by atoms with Crippen molar-refractivity contribution in [2.75, 3.05) is 24.6 Å². The Morgan fingerprint density at radius 3 is 2.80 bits per heavy atom. The molecule has 0 amide bonds. The normalized spacial score (nSPS) is 9.33. The smallest absolute Gasteiger partial charge is 0.158 e. The number of rotatable bonds is 5. The zero-order valence-corrected chi connectivity index (χ0v) is 8.30. The molecule has 0 atom stereocenters. The van der Waals surface area contributed by atoms with Gasteiger partial charge < -0.3 is 10.0 Å². The Bertz CT molecular complexity index is 355. The van der Waals surface area contributed by atoms with Gasteiger partial charge in [-0.1, -0.05) is 6.08 Å². The number of nitriles is 1. The molecule has 0 bridgehead atoms. The quantitative estimate of drug-likeness (QED) is 0.700. The summed E-state index contributed by atoms with van der Waals surface area (Å²) in [5, 5.41) is 17.4. The maximum atomic E-state index is 8.85. The van der Waals surface area contributed by atoms with Gasteiger partial charge in [0.1, 0.15) is 11.9 Å². The number of aliphatic hydroxyl groups is 1. The summed E-state index contributed by atoms with van der Waals surface area (Å²) in [4.78, 5) is 9.79. The summed E-state index contributed by atoms with van der Waals surface area (Å²) in [5.74, 6) is 0.628. The molecule has 0 aliphatic heterocycles. The van der Waals surface area contributed by atoms with Crippen molar-refractivity contribution in [1.82, 2.24) is 9.97 Å². The monoisotopic (exact) mass is 204 g/mol. The maximum absolute atomic E-state index is 8.85. The van der Waals surface area contributed by atoms with Crippen molar-refractivity contribution in [3.63, 3.8) is 0 Å². The van der Waals surface area contributed by atoms with Crippen LogP contribution in [0.4, 0.5) is 5.82 Å². The number of aromatic nitrogens is 2. The molecule has 0 radical (unpaired) electrons. The van der Waals surface area contributed by atoms with E-state index in [2.05, 4.69) is 16.5 Å². The molecule has 0 spiro atoms. The lowest BCUT2D eigenvalue weighted by molar-refractivity contribution is 0.302. The molecule has 0 aromatic carbocycles. The third-order valence-electron chi connectivity index (χ3n) is 1.80. The van der Waals surface area contributed by atoms with Gasteiger partial charge in [-0.2, -0.15) is 5.26 Å². The van der Waals surface area contributed by atoms with Crippen molar-refractivity contribution >= 4 is 5.82 Å². The molecule has 1 aromatic heterocycles. The molecule has 5 nitrogen and oxygen atoms in total. The van der Waals surface area contributed by atoms with Crippen LogP contribution in [0.2, 0.25) is 0 Å². The highest BCUT2D eigenvalue weighted by atomic mass is 16.3. The van der Waals surface area contributed by atoms with E-state index < -0.39 is 0 Å². The Kier molecular flexibility index (Phi) is 4.26. The van der Waals surface area contributed by atoms with E-state index in [0.717, 1.165) is 0 Å². The van der Waals surface area contributed by atoms with E-state index in [1.165, 1.54) is 12.4 Å². The van der Waals surface area contributed by atoms with Gasteiger partial charge >= 0.3 is 0 Å². The summed E-state index contributed by atoms with van der Waals surface area (Å²) in [6.07, 6.45) is 4.63. The van der Waals surface area contributed by atoms with Crippen LogP contribution in [0.15, 0.2) is 25.0 Å². The van der Waals surface area contributed by atoms with Crippen LogP contribution in [0.25, 0.3) is 0 Å². The van der Waals surface area contributed by atoms with E-state index in [9.17, 15) is 0 Å². The fraction of sp³-hybridized carbons (Fsp3) is 0.300. The van der Waals surface area contributed by atoms with Crippen molar-refractivity contribution in [2.45, 2.75) is 0 Å². The minimum Gasteiger partial charge on any atom is -0.395 e. The van der Waals surface area contributed by atoms with Crippen LogP contribution in [0.3, 0.4) is 0 Å². The van der Waals surface area contributed by atoms with E-state index in [1.54, 1.807) is 6.08 Å². The van der Waals surface area contributed by atoms with E-state index in [1.807, 2.05) is 11.0 Å². The van der Waals surface area contributed by atoms with Gasteiger partial charge in [0, 0.05) is 13.1 Å². The molecule has 0 fully saturated rings. The fourth-order valence-electron chi connectivity index (χ4n) is 1.12. The molecular weight excluding hydrogens is 192 g/mol. The molecule has 5 heteroatoms. The van der Waals surface area contributed by atoms with Crippen LogP contribution in [0.1, 0.15) is 5.69 Å². The first-order valence-electron chi connectivity index (χ1n) is 4.50. The average molecular weight is 204 g/mol. The average Bonchev–Trinajstić information content (AvgIpc) is 2.29. The van der Waals surface area contributed by atoms with Gasteiger partial charge in [0.15, 0.2) is 5.69 Å². The largest absolute Gasteiger partial charge is 0.395 e. The Balaban J connectivity index is 2.81. The summed E-state index contributed by atoms with van der Waals surface area (Å²) in [6, 6.07) is 1.90. The summed E-state index contributed by atoms with van der Waals surface area (Å²) < 4.78 is 0. The van der Waals surface area contributed by atoms with Crippen molar-refractivity contribution in [3.8, 4) is 6.07 Å². The Morgan fingerprint density at radius 2 is 2.33 bits per heavy atom. The molecule has 1 aromatic rings. The molecule has 78 valence electrons. The van der Waals surface area contributed by atoms with Crippen molar-refractivity contribution in [2.24, 2.45) is 0 Å². The van der Waals surface area contributed by atoms with Crippen molar-refractivity contribution in [3.05, 3.63) is 30.7 Å². The Morgan fingerprint density at radius 1 is 1.53 bits per heavy atom. The second-order valence-corrected chi connectivity index (χ2v) is 2.83. The van der Waals surface area contributed by atoms with Crippen LogP contribution < -0.4 is 4.90 Å². The number of hydrogen-bond donors (Lipinski definition) is 1. The number of anilines is 1. The fourth-order valence-corrected chi connectivity index (χ4v) is 1.12. The van der Waals surface area contributed by atoms with Gasteiger partial charge in [-0.15, -0.1) is 6.58 Å². The van der Waals surface area contributed by atoms with Crippen molar-refractivity contribution in [1.29, 1.82) is 5.26 Å². The van der Waals surface area contributed by atoms with Crippen LogP contribution in [0, 0.1) is 11.3 Å². The second kappa shape index (κ2) is 5.73. The van der Waals surface area contributed by atoms with E-state index in [4.69, 9.17) is 10.4 Å². The highest BCUT2D eigenvalue weighted by Crippen LogP contribution is 2.07. The maximum Gasteiger partial charge on any atom is 0.158 e. The van der Waals surface area contributed by atoms with Gasteiger partial charge in [0.05, 0.1) is 19.0 Å². The third kappa shape index (κ3) is 3.04. The highest BCUT2D eigenvalue weighted by molar-refractivity contribution is 5.37. The second-order valence-electron chi connectivity index (χ2n) is 2.83. The minimum atomic E-state index is 0.0372. The van der Waals surface area contributed by atoms with Crippen LogP contribution in [-0.2, 0) is 0 Å². The summed E-state index contributed by atoms with van der Waals surface area (Å²) in [5.41, 5.74) is 0.279. The van der Waals surface area contributed by atoms with Crippen LogP contribution >= 0.6 is 0 Å². The first kappa shape index (κ1) is 11.1. The van der Waals surface area contributed by atoms with Gasteiger partial charge in [-0.25, -0.2) is 9.97 Å². The van der Waals surface area contributed by atoms with Gasteiger partial charge in [0.25, 0.3) is 0 Å². The van der Waals surface area contributed by atoms with Gasteiger partial charge in [-0.05, 0) is 0 Å². The van der Waals surface area contributed by atoms with Crippen LogP contribution in [-0.4, -0.2) is 34.8 Å². The number of aliphatic hydroxyl groups excluding tert-OH is 1. The summed E-state index contributed by atoms with van der Waals surface area (Å²) in [7, 11) is 0. The lowest BCUT2D eigenvalue weighted by Crippen LogP contribution is -2.27. The van der Waals surface area contributed by atoms with Crippen LogP contribution in [0.5, 0.6) is 0 Å². The topological polar surface area (TPSA) is 73.0 Å². The lowest BCUT2D eigenvalue weighted by Gasteiger charge is -2.20. The van der Waals surface area contributed by atoms with Gasteiger partial charge in [-0.3, -0.25) is 0 Å². The molecule has 0 saturated carbocycles. The highest BCUT2D eigenvalue weighted by Gasteiger charge is 2.05. The minimum absolute atomic E-state index is 0.0372. The standard InChI is InChI=1S/C10H12N4O/c1-2-3-14(4-5-15)10-8-12-9(6-11)7-13-10/h2,7-8,15H,1,3-5H2. The predicted octanol–water partition coefficient (Wildman–Crippen LogP) is 0.333. The Labute approximate surface area is 88.3 Å². The molecule has 0 saturated heterocycles. The summed E-state index contributed by atoms with van der Waals surface area (Å²) in [6.45, 7) is 4.70. The zero-order valence-electron chi connectivity index (χ0n) is 8.30. The van der Waals surface area contributed by atoms with E-state index in [0.29, 0.717) is 18.9 Å². The third-order valence-corrected chi connectivity index (χ3v) is 1.80. The predicted molar refractivity (Wildman–Crippen MR) is 56.2 cm³/mol. The van der Waals surface area contributed by atoms with Crippen molar-refractivity contribution < 1.29 is 5.11 Å². The molecule has 15 heavy (non-hydrogen) atoms. The molecule has 1 N–H and O–H groups in total. The number of hydrogen-bond acceptors (Lipinski definition) is 5. The van der Waals surface area contributed by atoms with E-state index >= 15 is 0 Å². The molecular formula is C10H12N4O. The first-order valence-corrected chi connectivity index (χ1v) is 4.50. The first-order chi connectivity index (χ1) is 7.31. The zero-order chi connectivity index (χ0) is 11.1. The van der Waals surface area contributed by atoms with E-state index in [-0.39, 0.29) is 12.3 Å². The molecule has 1 heterocycles. The molecule has 0 aliphatic rings. The molecule has 0 aliphatic carbocycles. The lowest BCUT2D eigenvalue weighted by atomic mass is 10.4. The molecule has 1 rings (SSSR count). The Hall–Kier alpha value is -1.93. The SMILES string of the molecule is C=CCN(CCO)c1cnc(C#N)cn1. The van der Waals surface area contributed by atoms with Gasteiger partial charge in [0.2, 0.25) is 0 Å². The number of nitrogens with zero attached hydrogens (tertiary/aromatic N) is 4.